The third-order valence-corrected chi connectivity index (χ3v) is 5.06. The molecule has 0 aromatic heterocycles. The molecule has 1 heterocycles. The summed E-state index contributed by atoms with van der Waals surface area (Å²) in [6.45, 7) is 5.62. The number of carbonyl (C=O) groups excluding carboxylic acids is 2. The van der Waals surface area contributed by atoms with Gasteiger partial charge in [-0.15, -0.1) is 0 Å². The van der Waals surface area contributed by atoms with Crippen LogP contribution in [0.3, 0.4) is 0 Å². The summed E-state index contributed by atoms with van der Waals surface area (Å²) in [5.41, 5.74) is -1.15. The summed E-state index contributed by atoms with van der Waals surface area (Å²) in [5.74, 6) is -1.20. The predicted molar refractivity (Wildman–Crippen MR) is 85.6 cm³/mol. The number of rotatable bonds is 7. The maximum absolute atomic E-state index is 11.9. The second kappa shape index (κ2) is 13.0. The van der Waals surface area contributed by atoms with Crippen molar-refractivity contribution in [3.8, 4) is 0 Å². The van der Waals surface area contributed by atoms with Crippen LogP contribution in [0.2, 0.25) is 0 Å². The molecule has 2 amide bonds. The van der Waals surface area contributed by atoms with E-state index in [1.807, 2.05) is 13.8 Å². The molecule has 0 aliphatic carbocycles. The Bertz CT molecular complexity index is 428. The van der Waals surface area contributed by atoms with Crippen molar-refractivity contribution in [2.24, 2.45) is 16.3 Å². The molecule has 8 nitrogen and oxygen atoms in total. The summed E-state index contributed by atoms with van der Waals surface area (Å²) in [6.07, 6.45) is 2.02. The maximum atomic E-state index is 11.9. The first-order valence-corrected chi connectivity index (χ1v) is 8.95. The number of amidine groups is 1. The first-order valence-electron chi connectivity index (χ1n) is 7.53. The molecule has 0 aromatic carbocycles. The van der Waals surface area contributed by atoms with Gasteiger partial charge in [0.25, 0.3) is 5.91 Å². The van der Waals surface area contributed by atoms with E-state index >= 15 is 0 Å². The number of amides is 2. The van der Waals surface area contributed by atoms with Gasteiger partial charge in [0.05, 0.1) is 6.02 Å². The van der Waals surface area contributed by atoms with E-state index in [1.54, 1.807) is 28.3 Å². The Morgan fingerprint density at radius 3 is 2.00 bits per heavy atom. The van der Waals surface area contributed by atoms with Crippen LogP contribution in [0.25, 0.3) is 0 Å². The van der Waals surface area contributed by atoms with Crippen molar-refractivity contribution in [3.05, 3.63) is 0 Å². The van der Waals surface area contributed by atoms with Crippen molar-refractivity contribution in [2.75, 3.05) is 21.3 Å². The number of nitrogens with zero attached hydrogens (tertiary/aromatic N) is 1. The Kier molecular flexibility index (Phi) is 14.0. The molecule has 1 aliphatic rings. The van der Waals surface area contributed by atoms with Crippen LogP contribution in [0.15, 0.2) is 4.99 Å². The van der Waals surface area contributed by atoms with Gasteiger partial charge in [-0.25, -0.2) is 4.99 Å². The molecule has 10 heteroatoms. The van der Waals surface area contributed by atoms with Gasteiger partial charge in [0, 0.05) is 21.3 Å². The second-order valence-electron chi connectivity index (χ2n) is 5.19. The van der Waals surface area contributed by atoms with E-state index in [9.17, 15) is 14.7 Å². The molecule has 0 aromatic rings. The van der Waals surface area contributed by atoms with Crippen molar-refractivity contribution in [2.45, 2.75) is 40.0 Å². The topological polar surface area (TPSA) is 109 Å². The Morgan fingerprint density at radius 1 is 1.21 bits per heavy atom. The van der Waals surface area contributed by atoms with E-state index in [2.05, 4.69) is 10.3 Å². The molecule has 1 aliphatic heterocycles. The van der Waals surface area contributed by atoms with Crippen LogP contribution in [-0.4, -0.2) is 48.7 Å². The minimum Gasteiger partial charge on any atom is -0.846 e. The molecular weight excluding hydrogens is 343 g/mol. The van der Waals surface area contributed by atoms with Crippen molar-refractivity contribution >= 4 is 27.4 Å². The van der Waals surface area contributed by atoms with Gasteiger partial charge in [0.1, 0.15) is 5.41 Å². The molecule has 24 heavy (non-hydrogen) atoms. The van der Waals surface area contributed by atoms with Crippen LogP contribution >= 0.6 is 0 Å². The summed E-state index contributed by atoms with van der Waals surface area (Å²) < 4.78 is 14.2. The molecule has 1 rings (SSSR count). The van der Waals surface area contributed by atoms with Crippen molar-refractivity contribution in [3.63, 3.8) is 0 Å². The van der Waals surface area contributed by atoms with Gasteiger partial charge in [-0.05, 0) is 18.8 Å². The SMILES string of the molecule is CCCC(C)C1(CC)C(=O)N=C([O-])NC1=O.CO[SiH](OC)OC.[Na+]. The van der Waals surface area contributed by atoms with Crippen LogP contribution in [0.4, 0.5) is 0 Å². The van der Waals surface area contributed by atoms with Gasteiger partial charge < -0.3 is 23.7 Å². The molecule has 2 unspecified atom stereocenters. The van der Waals surface area contributed by atoms with E-state index in [4.69, 9.17) is 13.3 Å². The van der Waals surface area contributed by atoms with Crippen LogP contribution in [0.5, 0.6) is 0 Å². The molecule has 0 fully saturated rings. The number of carbonyl (C=O) groups is 2. The minimum atomic E-state index is -1.67. The quantitative estimate of drug-likeness (QED) is 0.374. The van der Waals surface area contributed by atoms with Gasteiger partial charge in [0.2, 0.25) is 5.91 Å². The normalized spacial score (nSPS) is 21.2. The third-order valence-electron chi connectivity index (χ3n) is 3.91. The predicted octanol–water partition coefficient (Wildman–Crippen LogP) is -3.16. The molecule has 134 valence electrons. The molecule has 0 spiro atoms. The maximum Gasteiger partial charge on any atom is 1.00 e. The zero-order chi connectivity index (χ0) is 18.0. The fourth-order valence-corrected chi connectivity index (χ4v) is 3.17. The number of nitrogens with one attached hydrogen (secondary N) is 1. The van der Waals surface area contributed by atoms with Crippen LogP contribution < -0.4 is 40.0 Å². The molecule has 0 bridgehead atoms. The minimum absolute atomic E-state index is 0. The van der Waals surface area contributed by atoms with Gasteiger partial charge in [-0.2, -0.15) is 0 Å². The smallest absolute Gasteiger partial charge is 0.846 e. The number of hydrogen-bond donors (Lipinski definition) is 1. The standard InChI is InChI=1S/C11H18N2O3.C3H10O3Si.Na/c1-4-6-7(3)11(5-2)8(14)12-10(16)13-9(11)15;1-4-7(5-2)6-3;/h7H,4-6H2,1-3H3,(H2,12,13,14,15,16);7H,1-3H3;/q;;+1/p-1. The number of hydrogen-bond acceptors (Lipinski definition) is 6. The number of aliphatic imine (C=N–C) groups is 1. The fraction of sp³-hybridized carbons (Fsp3) is 0.786. The van der Waals surface area contributed by atoms with Crippen molar-refractivity contribution in [1.82, 2.24) is 5.32 Å². The zero-order valence-corrected chi connectivity index (χ0v) is 18.8. The van der Waals surface area contributed by atoms with E-state index in [0.717, 1.165) is 12.8 Å². The van der Waals surface area contributed by atoms with Gasteiger partial charge in [-0.1, -0.05) is 27.2 Å². The van der Waals surface area contributed by atoms with Crippen molar-refractivity contribution < 1.29 is 57.5 Å². The van der Waals surface area contributed by atoms with E-state index in [-0.39, 0.29) is 35.5 Å². The molecule has 0 saturated heterocycles. The third kappa shape index (κ3) is 6.55. The Balaban J connectivity index is 0. The summed E-state index contributed by atoms with van der Waals surface area (Å²) in [6, 6.07) is -0.845. The summed E-state index contributed by atoms with van der Waals surface area (Å²) in [4.78, 5) is 27.1. The molecule has 1 N–H and O–H groups in total. The van der Waals surface area contributed by atoms with Crippen LogP contribution in [-0.2, 0) is 22.9 Å². The molecule has 0 radical (unpaired) electrons. The average molecular weight is 370 g/mol. The van der Waals surface area contributed by atoms with Gasteiger partial charge in [-0.3, -0.25) is 9.59 Å². The first-order chi connectivity index (χ1) is 10.8. The Labute approximate surface area is 167 Å². The first kappa shape index (κ1) is 25.9. The second-order valence-corrected chi connectivity index (χ2v) is 7.18. The largest absolute Gasteiger partial charge is 1.00 e. The van der Waals surface area contributed by atoms with E-state index in [0.29, 0.717) is 6.42 Å². The average Bonchev–Trinajstić information content (AvgIpc) is 2.50. The summed E-state index contributed by atoms with van der Waals surface area (Å²) >= 11 is 0. The van der Waals surface area contributed by atoms with Gasteiger partial charge >= 0.3 is 39.1 Å². The molecular formula is C14H27N2NaO6Si. The van der Waals surface area contributed by atoms with Gasteiger partial charge in [0.15, 0.2) is 0 Å². The van der Waals surface area contributed by atoms with E-state index in [1.165, 1.54) is 0 Å². The Morgan fingerprint density at radius 2 is 1.71 bits per heavy atom. The monoisotopic (exact) mass is 370 g/mol. The fourth-order valence-electron chi connectivity index (χ4n) is 2.59. The van der Waals surface area contributed by atoms with Crippen LogP contribution in [0, 0.1) is 11.3 Å². The Hall–Kier alpha value is -0.293. The zero-order valence-electron chi connectivity index (χ0n) is 15.7. The molecule has 2 atom stereocenters. The van der Waals surface area contributed by atoms with E-state index < -0.39 is 32.8 Å². The van der Waals surface area contributed by atoms with Crippen molar-refractivity contribution in [1.29, 1.82) is 0 Å². The summed E-state index contributed by atoms with van der Waals surface area (Å²) in [5, 5.41) is 13.1. The van der Waals surface area contributed by atoms with Crippen LogP contribution in [0.1, 0.15) is 40.0 Å². The summed E-state index contributed by atoms with van der Waals surface area (Å²) in [7, 11) is 3.05. The molecule has 0 saturated carbocycles.